The number of carbonyl (C=O) groups is 1. The van der Waals surface area contributed by atoms with E-state index in [0.29, 0.717) is 7.57 Å². The second-order valence-electron chi connectivity index (χ2n) is 3.16. The normalized spacial score (nSPS) is 10.6. The van der Waals surface area contributed by atoms with Crippen LogP contribution in [0.5, 0.6) is 0 Å². The maximum absolute atomic E-state index is 13.4. The molecule has 0 N–H and O–H groups in total. The van der Waals surface area contributed by atoms with Crippen molar-refractivity contribution in [3.63, 3.8) is 0 Å². The van der Waals surface area contributed by atoms with Crippen LogP contribution in [0.3, 0.4) is 0 Å². The van der Waals surface area contributed by atoms with Crippen LogP contribution in [0.2, 0.25) is 0 Å². The summed E-state index contributed by atoms with van der Waals surface area (Å²) in [5.74, 6) is -2.39. The Bertz CT molecular complexity index is 575. The minimum atomic E-state index is -0.857. The van der Waals surface area contributed by atoms with Gasteiger partial charge < -0.3 is 0 Å². The Morgan fingerprint density at radius 1 is 1.18 bits per heavy atom. The zero-order chi connectivity index (χ0) is 12.6. The summed E-state index contributed by atoms with van der Waals surface area (Å²) in [4.78, 5) is 12.0. The van der Waals surface area contributed by atoms with Crippen molar-refractivity contribution < 1.29 is 13.6 Å². The first kappa shape index (κ1) is 12.9. The van der Waals surface area contributed by atoms with Gasteiger partial charge in [0, 0.05) is 5.56 Å². The fraction of sp³-hybridized carbons (Fsp3) is 0. The van der Waals surface area contributed by atoms with Crippen LogP contribution in [-0.2, 0) is 0 Å². The molecule has 17 heavy (non-hydrogen) atoms. The molecule has 0 bridgehead atoms. The Balaban J connectivity index is 2.55. The first-order valence-corrected chi connectivity index (χ1v) is 6.84. The van der Waals surface area contributed by atoms with Gasteiger partial charge in [-0.2, -0.15) is 0 Å². The van der Waals surface area contributed by atoms with Gasteiger partial charge in [0.25, 0.3) is 0 Å². The third-order valence-corrected chi connectivity index (χ3v) is 4.43. The Morgan fingerprint density at radius 3 is 2.24 bits per heavy atom. The minimum Gasteiger partial charge on any atom is -0.288 e. The third kappa shape index (κ3) is 2.48. The summed E-state index contributed by atoms with van der Waals surface area (Å²) in [6.45, 7) is 0. The van der Waals surface area contributed by atoms with E-state index in [1.165, 1.54) is 23.5 Å². The number of hydrogen-bond donors (Lipinski definition) is 0. The molecule has 0 amide bonds. The molecule has 0 spiro atoms. The molecule has 1 aromatic heterocycles. The van der Waals surface area contributed by atoms with Crippen LogP contribution in [-0.4, -0.2) is 5.78 Å². The molecule has 0 atom stereocenters. The van der Waals surface area contributed by atoms with Gasteiger partial charge >= 0.3 is 0 Å². The molecule has 0 aliphatic heterocycles. The highest BCUT2D eigenvalue weighted by atomic mass is 79.9. The summed E-state index contributed by atoms with van der Waals surface area (Å²) in [6, 6.07) is 4.88. The molecule has 0 saturated carbocycles. The number of benzene rings is 1. The molecule has 88 valence electrons. The molecule has 0 fully saturated rings. The molecule has 1 heterocycles. The molecule has 0 saturated heterocycles. The van der Waals surface area contributed by atoms with Crippen molar-refractivity contribution in [2.24, 2.45) is 0 Å². The molecule has 0 unspecified atom stereocenters. The molecule has 6 heteroatoms. The van der Waals surface area contributed by atoms with Crippen LogP contribution in [0.1, 0.15) is 15.9 Å². The average Bonchev–Trinajstić information content (AvgIpc) is 2.57. The van der Waals surface area contributed by atoms with E-state index in [0.717, 1.165) is 12.1 Å². The average molecular weight is 382 g/mol. The molecule has 1 aromatic carbocycles. The minimum absolute atomic E-state index is 0.242. The lowest BCUT2D eigenvalue weighted by Gasteiger charge is -2.02. The van der Waals surface area contributed by atoms with E-state index in [4.69, 9.17) is 0 Å². The molecule has 0 aliphatic rings. The lowest BCUT2D eigenvalue weighted by atomic mass is 10.1. The lowest BCUT2D eigenvalue weighted by Crippen LogP contribution is -2.06. The lowest BCUT2D eigenvalue weighted by molar-refractivity contribution is 0.103. The second kappa shape index (κ2) is 4.96. The molecule has 0 radical (unpaired) electrons. The zero-order valence-corrected chi connectivity index (χ0v) is 12.1. The Kier molecular flexibility index (Phi) is 3.75. The van der Waals surface area contributed by atoms with E-state index < -0.39 is 23.0 Å². The van der Waals surface area contributed by atoms with E-state index >= 15 is 0 Å². The first-order chi connectivity index (χ1) is 8.00. The van der Waals surface area contributed by atoms with E-state index in [-0.39, 0.29) is 5.56 Å². The van der Waals surface area contributed by atoms with Crippen LogP contribution < -0.4 is 0 Å². The summed E-state index contributed by atoms with van der Waals surface area (Å²) >= 11 is 7.67. The number of hydrogen-bond acceptors (Lipinski definition) is 2. The molecule has 2 aromatic rings. The van der Waals surface area contributed by atoms with Crippen molar-refractivity contribution in [3.8, 4) is 0 Å². The van der Waals surface area contributed by atoms with Gasteiger partial charge in [-0.05, 0) is 50.1 Å². The van der Waals surface area contributed by atoms with Gasteiger partial charge in [0.1, 0.15) is 11.6 Å². The van der Waals surface area contributed by atoms with E-state index in [1.54, 1.807) is 0 Å². The largest absolute Gasteiger partial charge is 0.288 e. The fourth-order valence-corrected chi connectivity index (χ4v) is 4.14. The number of rotatable bonds is 2. The van der Waals surface area contributed by atoms with Crippen molar-refractivity contribution in [3.05, 3.63) is 54.6 Å². The maximum atomic E-state index is 13.4. The van der Waals surface area contributed by atoms with Crippen LogP contribution in [0.15, 0.2) is 31.8 Å². The van der Waals surface area contributed by atoms with E-state index in [1.807, 2.05) is 0 Å². The summed E-state index contributed by atoms with van der Waals surface area (Å²) in [5.41, 5.74) is -0.288. The summed E-state index contributed by atoms with van der Waals surface area (Å²) in [6.07, 6.45) is 0. The van der Waals surface area contributed by atoms with Crippen LogP contribution in [0, 0.1) is 11.6 Å². The topological polar surface area (TPSA) is 17.1 Å². The predicted octanol–water partition coefficient (Wildman–Crippen LogP) is 4.78. The molecule has 0 aliphatic carbocycles. The number of thiophene rings is 1. The van der Waals surface area contributed by atoms with Crippen molar-refractivity contribution >= 4 is 49.0 Å². The van der Waals surface area contributed by atoms with Crippen LogP contribution in [0.4, 0.5) is 8.78 Å². The van der Waals surface area contributed by atoms with Gasteiger partial charge in [-0.25, -0.2) is 8.78 Å². The number of ketones is 1. The van der Waals surface area contributed by atoms with Gasteiger partial charge in [-0.3, -0.25) is 4.79 Å². The van der Waals surface area contributed by atoms with E-state index in [2.05, 4.69) is 31.9 Å². The smallest absolute Gasteiger partial charge is 0.200 e. The van der Waals surface area contributed by atoms with Gasteiger partial charge in [0.2, 0.25) is 5.78 Å². The molecular weight excluding hydrogens is 378 g/mol. The standard InChI is InChI=1S/C11H4Br2F2OS/c12-8-4-5(11(13)17-8)10(16)9-6(14)2-1-3-7(9)15/h1-4H. The van der Waals surface area contributed by atoms with Crippen molar-refractivity contribution in [1.82, 2.24) is 0 Å². The quantitative estimate of drug-likeness (QED) is 0.684. The summed E-state index contributed by atoms with van der Waals surface area (Å²) < 4.78 is 28.1. The van der Waals surface area contributed by atoms with Crippen molar-refractivity contribution in [1.29, 1.82) is 0 Å². The fourth-order valence-electron chi connectivity index (χ4n) is 1.34. The van der Waals surface area contributed by atoms with Gasteiger partial charge in [0.05, 0.1) is 13.1 Å². The third-order valence-electron chi connectivity index (χ3n) is 2.09. The molecule has 2 rings (SSSR count). The zero-order valence-electron chi connectivity index (χ0n) is 8.14. The van der Waals surface area contributed by atoms with Crippen molar-refractivity contribution in [2.75, 3.05) is 0 Å². The maximum Gasteiger partial charge on any atom is 0.200 e. The van der Waals surface area contributed by atoms with Crippen LogP contribution in [0.25, 0.3) is 0 Å². The second-order valence-corrected chi connectivity index (χ2v) is 6.91. The monoisotopic (exact) mass is 380 g/mol. The summed E-state index contributed by atoms with van der Waals surface area (Å²) in [7, 11) is 0. The number of halogens is 4. The highest BCUT2D eigenvalue weighted by Crippen LogP contribution is 2.33. The van der Waals surface area contributed by atoms with Gasteiger partial charge in [0.15, 0.2) is 0 Å². The highest BCUT2D eigenvalue weighted by Gasteiger charge is 2.22. The SMILES string of the molecule is O=C(c1cc(Br)sc1Br)c1c(F)cccc1F. The Labute approximate surface area is 117 Å². The number of carbonyl (C=O) groups excluding carboxylic acids is 1. The van der Waals surface area contributed by atoms with Crippen LogP contribution >= 0.6 is 43.2 Å². The Morgan fingerprint density at radius 2 is 1.76 bits per heavy atom. The molecular formula is C11H4Br2F2OS. The van der Waals surface area contributed by atoms with Gasteiger partial charge in [-0.15, -0.1) is 11.3 Å². The Hall–Kier alpha value is -0.590. The molecule has 1 nitrogen and oxygen atoms in total. The predicted molar refractivity (Wildman–Crippen MR) is 69.5 cm³/mol. The highest BCUT2D eigenvalue weighted by molar-refractivity contribution is 9.12. The van der Waals surface area contributed by atoms with E-state index in [9.17, 15) is 13.6 Å². The summed E-state index contributed by atoms with van der Waals surface area (Å²) in [5, 5.41) is 0. The van der Waals surface area contributed by atoms with Gasteiger partial charge in [-0.1, -0.05) is 6.07 Å². The first-order valence-electron chi connectivity index (χ1n) is 4.44. The van der Waals surface area contributed by atoms with Crippen molar-refractivity contribution in [2.45, 2.75) is 0 Å².